The van der Waals surface area contributed by atoms with Crippen molar-refractivity contribution in [2.75, 3.05) is 0 Å². The highest BCUT2D eigenvalue weighted by Gasteiger charge is 2.20. The summed E-state index contributed by atoms with van der Waals surface area (Å²) in [6, 6.07) is 76.8. The van der Waals surface area contributed by atoms with Gasteiger partial charge in [-0.15, -0.1) is 0 Å². The van der Waals surface area contributed by atoms with Crippen LogP contribution in [0.5, 0.6) is 0 Å². The normalized spacial score (nSPS) is 11.0. The van der Waals surface area contributed by atoms with E-state index in [0.29, 0.717) is 0 Å². The predicted molar refractivity (Wildman–Crippen MR) is 226 cm³/mol. The van der Waals surface area contributed by atoms with Gasteiger partial charge in [0.25, 0.3) is 0 Å². The number of benzene rings is 8. The third kappa shape index (κ3) is 6.77. The molecule has 0 aliphatic rings. The molecule has 0 fully saturated rings. The molecule has 0 saturated carbocycles. The van der Waals surface area contributed by atoms with E-state index in [0.717, 1.165) is 67.3 Å². The smallest absolute Gasteiger partial charge is 0.0973 e. The highest BCUT2D eigenvalue weighted by molar-refractivity contribution is 5.88. The second-order valence-electron chi connectivity index (χ2n) is 13.4. The molecule has 0 aliphatic heterocycles. The fraction of sp³-hybridized carbons (Fsp3) is 0. The van der Waals surface area contributed by atoms with Crippen molar-refractivity contribution in [3.8, 4) is 89.5 Å². The van der Waals surface area contributed by atoms with Gasteiger partial charge in [0.2, 0.25) is 0 Å². The van der Waals surface area contributed by atoms with Crippen molar-refractivity contribution < 1.29 is 0 Å². The van der Waals surface area contributed by atoms with Crippen molar-refractivity contribution in [3.05, 3.63) is 218 Å². The predicted octanol–water partition coefficient (Wildman–Crippen LogP) is 13.8. The summed E-state index contributed by atoms with van der Waals surface area (Å²) in [5.41, 5.74) is 16.8. The first kappa shape index (κ1) is 32.7. The maximum Gasteiger partial charge on any atom is 0.0973 e. The minimum Gasteiger partial charge on any atom is -0.243 e. The molecule has 0 unspecified atom stereocenters. The summed E-state index contributed by atoms with van der Waals surface area (Å²) in [6.07, 6.45) is 0. The van der Waals surface area contributed by atoms with Gasteiger partial charge >= 0.3 is 0 Å². The van der Waals surface area contributed by atoms with Crippen molar-refractivity contribution in [3.63, 3.8) is 0 Å². The van der Waals surface area contributed by atoms with Crippen LogP contribution in [0.4, 0.5) is 0 Å². The Kier molecular flexibility index (Phi) is 8.99. The van der Waals surface area contributed by atoms with E-state index < -0.39 is 0 Å². The molecule has 9 aromatic rings. The third-order valence-corrected chi connectivity index (χ3v) is 9.96. The number of hydrogen-bond acceptors (Lipinski definition) is 2. The standard InChI is InChI=1S/C52H36N2/c1-5-13-37(14-6-1)41-21-29-45(30-22-41)49-50(46-31-23-42(24-32-46)38-15-7-2-8-16-38)54-52(48-35-27-44(28-36-48)40-19-11-4-12-20-40)51(53-49)47-33-25-43(26-34-47)39-17-9-3-10-18-39/h1-36H. The van der Waals surface area contributed by atoms with E-state index in [4.69, 9.17) is 9.97 Å². The molecule has 0 atom stereocenters. The lowest BCUT2D eigenvalue weighted by Crippen LogP contribution is -2.01. The Bertz CT molecular complexity index is 2240. The number of nitrogens with zero attached hydrogens (tertiary/aromatic N) is 2. The highest BCUT2D eigenvalue weighted by atomic mass is 14.9. The maximum absolute atomic E-state index is 5.57. The lowest BCUT2D eigenvalue weighted by molar-refractivity contribution is 1.21. The van der Waals surface area contributed by atoms with Crippen LogP contribution in [-0.4, -0.2) is 9.97 Å². The van der Waals surface area contributed by atoms with E-state index >= 15 is 0 Å². The van der Waals surface area contributed by atoms with Crippen molar-refractivity contribution >= 4 is 0 Å². The third-order valence-electron chi connectivity index (χ3n) is 9.96. The van der Waals surface area contributed by atoms with Gasteiger partial charge in [-0.25, -0.2) is 9.97 Å². The van der Waals surface area contributed by atoms with Gasteiger partial charge in [0.15, 0.2) is 0 Å². The van der Waals surface area contributed by atoms with Crippen molar-refractivity contribution in [2.45, 2.75) is 0 Å². The second kappa shape index (κ2) is 14.8. The molecule has 2 nitrogen and oxygen atoms in total. The summed E-state index contributed by atoms with van der Waals surface area (Å²) in [5.74, 6) is 0. The molecule has 0 N–H and O–H groups in total. The maximum atomic E-state index is 5.57. The molecule has 0 saturated heterocycles. The zero-order chi connectivity index (χ0) is 36.1. The fourth-order valence-electron chi connectivity index (χ4n) is 7.05. The number of aromatic nitrogens is 2. The molecule has 254 valence electrons. The van der Waals surface area contributed by atoms with Crippen molar-refractivity contribution in [1.82, 2.24) is 9.97 Å². The lowest BCUT2D eigenvalue weighted by Gasteiger charge is -2.17. The summed E-state index contributed by atoms with van der Waals surface area (Å²) < 4.78 is 0. The molecule has 1 aromatic heterocycles. The zero-order valence-corrected chi connectivity index (χ0v) is 29.7. The molecule has 0 amide bonds. The van der Waals surface area contributed by atoms with Crippen LogP contribution in [0.25, 0.3) is 89.5 Å². The van der Waals surface area contributed by atoms with Crippen molar-refractivity contribution in [2.24, 2.45) is 0 Å². The second-order valence-corrected chi connectivity index (χ2v) is 13.4. The first-order valence-corrected chi connectivity index (χ1v) is 18.3. The van der Waals surface area contributed by atoms with Crippen molar-refractivity contribution in [1.29, 1.82) is 0 Å². The Morgan fingerprint density at radius 2 is 0.296 bits per heavy atom. The Morgan fingerprint density at radius 3 is 0.481 bits per heavy atom. The average Bonchev–Trinajstić information content (AvgIpc) is 3.27. The monoisotopic (exact) mass is 688 g/mol. The van der Waals surface area contributed by atoms with Gasteiger partial charge in [-0.3, -0.25) is 0 Å². The molecule has 0 spiro atoms. The van der Waals surface area contributed by atoms with Crippen LogP contribution in [0, 0.1) is 0 Å². The van der Waals surface area contributed by atoms with Crippen LogP contribution in [0.2, 0.25) is 0 Å². The minimum absolute atomic E-state index is 0.842. The molecule has 1 heterocycles. The molecule has 54 heavy (non-hydrogen) atoms. The van der Waals surface area contributed by atoms with E-state index in [1.54, 1.807) is 0 Å². The molecular formula is C52H36N2. The Morgan fingerprint density at radius 1 is 0.148 bits per heavy atom. The molecule has 0 bridgehead atoms. The van der Waals surface area contributed by atoms with Crippen LogP contribution in [0.1, 0.15) is 0 Å². The van der Waals surface area contributed by atoms with E-state index in [-0.39, 0.29) is 0 Å². The first-order valence-electron chi connectivity index (χ1n) is 18.3. The largest absolute Gasteiger partial charge is 0.243 e. The summed E-state index contributed by atoms with van der Waals surface area (Å²) in [6.45, 7) is 0. The van der Waals surface area contributed by atoms with Gasteiger partial charge in [-0.05, 0) is 44.5 Å². The topological polar surface area (TPSA) is 25.8 Å². The number of hydrogen-bond donors (Lipinski definition) is 0. The van der Waals surface area contributed by atoms with Crippen LogP contribution < -0.4 is 0 Å². The first-order chi connectivity index (χ1) is 26.8. The molecular weight excluding hydrogens is 653 g/mol. The zero-order valence-electron chi connectivity index (χ0n) is 29.7. The van der Waals surface area contributed by atoms with E-state index in [1.807, 2.05) is 24.3 Å². The SMILES string of the molecule is c1ccc(-c2ccc(-c3nc(-c4ccc(-c5ccccc5)cc4)c(-c4ccc(-c5ccccc5)cc4)nc3-c3ccc(-c4ccccc4)cc3)cc2)cc1. The average molecular weight is 689 g/mol. The quantitative estimate of drug-likeness (QED) is 0.159. The van der Waals surface area contributed by atoms with Crippen LogP contribution in [-0.2, 0) is 0 Å². The van der Waals surface area contributed by atoms with Crippen LogP contribution in [0.3, 0.4) is 0 Å². The molecule has 2 heteroatoms. The minimum atomic E-state index is 0.842. The molecule has 0 radical (unpaired) electrons. The lowest BCUT2D eigenvalue weighted by atomic mass is 9.95. The summed E-state index contributed by atoms with van der Waals surface area (Å²) in [7, 11) is 0. The number of rotatable bonds is 8. The van der Waals surface area contributed by atoms with E-state index in [9.17, 15) is 0 Å². The highest BCUT2D eigenvalue weighted by Crippen LogP contribution is 2.39. The van der Waals surface area contributed by atoms with Crippen LogP contribution in [0.15, 0.2) is 218 Å². The van der Waals surface area contributed by atoms with E-state index in [1.165, 1.54) is 22.3 Å². The Hall–Kier alpha value is -7.16. The van der Waals surface area contributed by atoms with Gasteiger partial charge in [-0.2, -0.15) is 0 Å². The molecule has 8 aromatic carbocycles. The van der Waals surface area contributed by atoms with Gasteiger partial charge in [-0.1, -0.05) is 218 Å². The Balaban J connectivity index is 1.23. The molecule has 0 aliphatic carbocycles. The van der Waals surface area contributed by atoms with Gasteiger partial charge in [0, 0.05) is 22.3 Å². The van der Waals surface area contributed by atoms with Gasteiger partial charge < -0.3 is 0 Å². The van der Waals surface area contributed by atoms with E-state index in [2.05, 4.69) is 194 Å². The summed E-state index contributed by atoms with van der Waals surface area (Å²) in [5, 5.41) is 0. The summed E-state index contributed by atoms with van der Waals surface area (Å²) in [4.78, 5) is 11.1. The molecule has 9 rings (SSSR count). The van der Waals surface area contributed by atoms with Gasteiger partial charge in [0.05, 0.1) is 22.8 Å². The Labute approximate surface area is 316 Å². The van der Waals surface area contributed by atoms with Crippen LogP contribution >= 0.6 is 0 Å². The fourth-order valence-corrected chi connectivity index (χ4v) is 7.05. The summed E-state index contributed by atoms with van der Waals surface area (Å²) >= 11 is 0. The van der Waals surface area contributed by atoms with Gasteiger partial charge in [0.1, 0.15) is 0 Å².